The highest BCUT2D eigenvalue weighted by Crippen LogP contribution is 2.33. The number of rotatable bonds is 3. The van der Waals surface area contributed by atoms with Crippen LogP contribution in [0.25, 0.3) is 0 Å². The van der Waals surface area contributed by atoms with Gasteiger partial charge in [-0.2, -0.15) is 0 Å². The maximum absolute atomic E-state index is 9.61. The molecule has 0 spiro atoms. The fourth-order valence-electron chi connectivity index (χ4n) is 1.63. The first kappa shape index (κ1) is 9.71. The van der Waals surface area contributed by atoms with E-state index in [0.29, 0.717) is 13.0 Å². The Balaban J connectivity index is 1.99. The molecule has 1 aromatic heterocycles. The molecular formula is C10H14O4. The number of hydrogen-bond acceptors (Lipinski definition) is 4. The minimum absolute atomic E-state index is 0.111. The molecule has 3 atom stereocenters. The van der Waals surface area contributed by atoms with E-state index in [2.05, 4.69) is 0 Å². The fraction of sp³-hybridized carbons (Fsp3) is 0.600. The van der Waals surface area contributed by atoms with Crippen molar-refractivity contribution in [3.63, 3.8) is 0 Å². The molecule has 0 bridgehead atoms. The Bertz CT molecular complexity index is 270. The summed E-state index contributed by atoms with van der Waals surface area (Å²) in [5.74, 6) is 0. The zero-order valence-electron chi connectivity index (χ0n) is 8.05. The lowest BCUT2D eigenvalue weighted by molar-refractivity contribution is -0.163. The first-order chi connectivity index (χ1) is 6.81. The van der Waals surface area contributed by atoms with Crippen molar-refractivity contribution in [3.05, 3.63) is 24.2 Å². The lowest BCUT2D eigenvalue weighted by Crippen LogP contribution is -2.23. The quantitative estimate of drug-likeness (QED) is 0.799. The second-order valence-electron chi connectivity index (χ2n) is 3.31. The summed E-state index contributed by atoms with van der Waals surface area (Å²) in [6.07, 6.45) is 2.63. The van der Waals surface area contributed by atoms with Gasteiger partial charge in [-0.1, -0.05) is 0 Å². The molecule has 78 valence electrons. The van der Waals surface area contributed by atoms with Crippen LogP contribution in [0.1, 0.15) is 25.0 Å². The Morgan fingerprint density at radius 3 is 3.14 bits per heavy atom. The first-order valence-electron chi connectivity index (χ1n) is 4.78. The van der Waals surface area contributed by atoms with Crippen molar-refractivity contribution >= 4 is 0 Å². The number of hydrogen-bond donors (Lipinski definition) is 1. The third-order valence-electron chi connectivity index (χ3n) is 2.31. The molecule has 1 aromatic rings. The van der Waals surface area contributed by atoms with Gasteiger partial charge in [0.05, 0.1) is 18.6 Å². The summed E-state index contributed by atoms with van der Waals surface area (Å²) < 4.78 is 15.7. The summed E-state index contributed by atoms with van der Waals surface area (Å²) in [6, 6.07) is 1.84. The molecule has 2 heterocycles. The zero-order chi connectivity index (χ0) is 9.97. The molecule has 0 amide bonds. The van der Waals surface area contributed by atoms with Gasteiger partial charge in [-0.25, -0.2) is 0 Å². The van der Waals surface area contributed by atoms with Gasteiger partial charge in [0, 0.05) is 18.6 Å². The molecule has 1 fully saturated rings. The van der Waals surface area contributed by atoms with Crippen molar-refractivity contribution in [2.75, 3.05) is 6.61 Å². The van der Waals surface area contributed by atoms with E-state index in [1.54, 1.807) is 12.5 Å². The number of ether oxygens (including phenoxy) is 2. The first-order valence-corrected chi connectivity index (χ1v) is 4.78. The van der Waals surface area contributed by atoms with Crippen LogP contribution in [0.4, 0.5) is 0 Å². The van der Waals surface area contributed by atoms with Gasteiger partial charge < -0.3 is 19.0 Å². The number of aliphatic hydroxyl groups excluding tert-OH is 1. The van der Waals surface area contributed by atoms with E-state index in [1.165, 1.54) is 0 Å². The van der Waals surface area contributed by atoms with Crippen molar-refractivity contribution in [3.8, 4) is 0 Å². The zero-order valence-corrected chi connectivity index (χ0v) is 8.05. The van der Waals surface area contributed by atoms with Gasteiger partial charge >= 0.3 is 0 Å². The van der Waals surface area contributed by atoms with Crippen LogP contribution < -0.4 is 0 Å². The van der Waals surface area contributed by atoms with E-state index in [1.807, 2.05) is 13.0 Å². The predicted molar refractivity (Wildman–Crippen MR) is 48.6 cm³/mol. The van der Waals surface area contributed by atoms with E-state index in [-0.39, 0.29) is 6.10 Å². The maximum atomic E-state index is 9.61. The number of aliphatic hydroxyl groups is 1. The molecule has 3 unspecified atom stereocenters. The predicted octanol–water partition coefficient (Wildman–Crippen LogP) is 1.46. The molecular weight excluding hydrogens is 184 g/mol. The third kappa shape index (κ3) is 1.82. The van der Waals surface area contributed by atoms with Gasteiger partial charge in [0.25, 0.3) is 0 Å². The fourth-order valence-corrected chi connectivity index (χ4v) is 1.63. The molecule has 1 N–H and O–H groups in total. The molecule has 1 aliphatic heterocycles. The summed E-state index contributed by atoms with van der Waals surface area (Å²) in [4.78, 5) is 0. The van der Waals surface area contributed by atoms with E-state index in [0.717, 1.165) is 5.56 Å². The van der Waals surface area contributed by atoms with E-state index < -0.39 is 12.4 Å². The minimum atomic E-state index is -0.546. The summed E-state index contributed by atoms with van der Waals surface area (Å²) in [5.41, 5.74) is 0.950. The van der Waals surface area contributed by atoms with Crippen molar-refractivity contribution in [1.29, 1.82) is 0 Å². The van der Waals surface area contributed by atoms with Gasteiger partial charge in [0.2, 0.25) is 0 Å². The third-order valence-corrected chi connectivity index (χ3v) is 2.31. The second-order valence-corrected chi connectivity index (χ2v) is 3.31. The molecule has 1 saturated heterocycles. The largest absolute Gasteiger partial charge is 0.472 e. The highest BCUT2D eigenvalue weighted by molar-refractivity contribution is 5.11. The van der Waals surface area contributed by atoms with Gasteiger partial charge in [-0.3, -0.25) is 0 Å². The Kier molecular flexibility index (Phi) is 2.86. The highest BCUT2D eigenvalue weighted by atomic mass is 16.7. The van der Waals surface area contributed by atoms with Crippen LogP contribution in [-0.2, 0) is 9.47 Å². The van der Waals surface area contributed by atoms with Gasteiger partial charge in [0.1, 0.15) is 6.10 Å². The van der Waals surface area contributed by atoms with Crippen LogP contribution in [0, 0.1) is 0 Å². The van der Waals surface area contributed by atoms with E-state index in [9.17, 15) is 5.11 Å². The summed E-state index contributed by atoms with van der Waals surface area (Å²) in [6.45, 7) is 2.42. The van der Waals surface area contributed by atoms with Crippen molar-refractivity contribution in [1.82, 2.24) is 0 Å². The molecule has 2 rings (SSSR count). The summed E-state index contributed by atoms with van der Waals surface area (Å²) >= 11 is 0. The molecule has 4 heteroatoms. The summed E-state index contributed by atoms with van der Waals surface area (Å²) in [5, 5.41) is 9.61. The molecule has 14 heavy (non-hydrogen) atoms. The van der Waals surface area contributed by atoms with Crippen LogP contribution in [0.2, 0.25) is 0 Å². The Morgan fingerprint density at radius 2 is 2.50 bits per heavy atom. The average molecular weight is 198 g/mol. The lowest BCUT2D eigenvalue weighted by Gasteiger charge is -2.13. The van der Waals surface area contributed by atoms with Crippen molar-refractivity contribution < 1.29 is 19.0 Å². The van der Waals surface area contributed by atoms with Gasteiger partial charge in [-0.15, -0.1) is 0 Å². The van der Waals surface area contributed by atoms with Gasteiger partial charge in [-0.05, 0) is 13.0 Å². The number of furan rings is 1. The van der Waals surface area contributed by atoms with Crippen molar-refractivity contribution in [2.45, 2.75) is 31.8 Å². The topological polar surface area (TPSA) is 51.8 Å². The maximum Gasteiger partial charge on any atom is 0.184 e. The normalized spacial score (nSPS) is 32.3. The average Bonchev–Trinajstić information content (AvgIpc) is 2.76. The van der Waals surface area contributed by atoms with Crippen LogP contribution in [0.5, 0.6) is 0 Å². The Hall–Kier alpha value is -0.840. The van der Waals surface area contributed by atoms with Crippen LogP contribution >= 0.6 is 0 Å². The van der Waals surface area contributed by atoms with E-state index >= 15 is 0 Å². The van der Waals surface area contributed by atoms with Crippen LogP contribution in [-0.4, -0.2) is 24.1 Å². The Labute approximate surface area is 82.4 Å². The molecule has 1 aliphatic rings. The smallest absolute Gasteiger partial charge is 0.184 e. The highest BCUT2D eigenvalue weighted by Gasteiger charge is 2.35. The van der Waals surface area contributed by atoms with Gasteiger partial charge in [0.15, 0.2) is 6.29 Å². The molecule has 0 aromatic carbocycles. The SMILES string of the molecule is CCOC1OC(c2ccoc2)CC1O. The van der Waals surface area contributed by atoms with Crippen LogP contribution in [0.3, 0.4) is 0 Å². The van der Waals surface area contributed by atoms with E-state index in [4.69, 9.17) is 13.9 Å². The molecule has 0 radical (unpaired) electrons. The Morgan fingerprint density at radius 1 is 1.64 bits per heavy atom. The molecule has 4 nitrogen and oxygen atoms in total. The monoisotopic (exact) mass is 198 g/mol. The van der Waals surface area contributed by atoms with Crippen molar-refractivity contribution in [2.24, 2.45) is 0 Å². The molecule has 0 aliphatic carbocycles. The summed E-state index contributed by atoms with van der Waals surface area (Å²) in [7, 11) is 0. The standard InChI is InChI=1S/C10H14O4/c1-2-13-10-8(11)5-9(14-10)7-3-4-12-6-7/h3-4,6,8-11H,2,5H2,1H3. The lowest BCUT2D eigenvalue weighted by atomic mass is 10.1. The second kappa shape index (κ2) is 4.13. The molecule has 0 saturated carbocycles. The minimum Gasteiger partial charge on any atom is -0.472 e. The van der Waals surface area contributed by atoms with Crippen LogP contribution in [0.15, 0.2) is 23.0 Å².